The van der Waals surface area contributed by atoms with Crippen molar-refractivity contribution in [3.63, 3.8) is 0 Å². The quantitative estimate of drug-likeness (QED) is 0.311. The van der Waals surface area contributed by atoms with E-state index in [0.717, 1.165) is 6.42 Å². The molecule has 0 fully saturated rings. The van der Waals surface area contributed by atoms with Gasteiger partial charge in [0.2, 0.25) is 6.08 Å². The number of rotatable bonds is 8. The average molecular weight is 168 g/mol. The van der Waals surface area contributed by atoms with Crippen LogP contribution in [0.1, 0.15) is 45.4 Å². The standard InChI is InChI=1S/C10H18NO/c1-2-3-4-5-6-7-8-9-11-10-12/h8H,2-7,9H2,1H3. The van der Waals surface area contributed by atoms with Crippen molar-refractivity contribution in [2.24, 2.45) is 4.99 Å². The lowest BCUT2D eigenvalue weighted by Gasteiger charge is -1.97. The van der Waals surface area contributed by atoms with E-state index in [4.69, 9.17) is 0 Å². The summed E-state index contributed by atoms with van der Waals surface area (Å²) >= 11 is 0. The fourth-order valence-corrected chi connectivity index (χ4v) is 1.09. The van der Waals surface area contributed by atoms with E-state index in [1.54, 1.807) is 0 Å². The zero-order valence-electron chi connectivity index (χ0n) is 7.88. The van der Waals surface area contributed by atoms with Gasteiger partial charge in [0.05, 0.1) is 6.54 Å². The van der Waals surface area contributed by atoms with Gasteiger partial charge in [-0.25, -0.2) is 9.79 Å². The molecule has 0 N–H and O–H groups in total. The van der Waals surface area contributed by atoms with Gasteiger partial charge in [0, 0.05) is 0 Å². The molecule has 0 aliphatic rings. The smallest absolute Gasteiger partial charge is 0.211 e. The fourth-order valence-electron chi connectivity index (χ4n) is 1.09. The number of carbonyl (C=O) groups excluding carboxylic acids is 1. The number of hydrogen-bond acceptors (Lipinski definition) is 2. The summed E-state index contributed by atoms with van der Waals surface area (Å²) < 4.78 is 0. The maximum absolute atomic E-state index is 9.67. The normalized spacial score (nSPS) is 9.42. The van der Waals surface area contributed by atoms with E-state index in [9.17, 15) is 4.79 Å². The summed E-state index contributed by atoms with van der Waals surface area (Å²) in [6.45, 7) is 2.75. The third-order valence-electron chi connectivity index (χ3n) is 1.80. The summed E-state index contributed by atoms with van der Waals surface area (Å²) in [6, 6.07) is 0. The van der Waals surface area contributed by atoms with Crippen LogP contribution < -0.4 is 0 Å². The zero-order valence-corrected chi connectivity index (χ0v) is 7.88. The Balaban J connectivity index is 2.86. The molecule has 0 aliphatic carbocycles. The second-order valence-electron chi connectivity index (χ2n) is 2.92. The molecule has 0 rings (SSSR count). The van der Waals surface area contributed by atoms with E-state index in [0.29, 0.717) is 6.54 Å². The van der Waals surface area contributed by atoms with Crippen LogP contribution in [0.25, 0.3) is 0 Å². The van der Waals surface area contributed by atoms with Gasteiger partial charge in [0.15, 0.2) is 0 Å². The van der Waals surface area contributed by atoms with E-state index in [1.165, 1.54) is 38.2 Å². The molecule has 69 valence electrons. The molecule has 0 bridgehead atoms. The highest BCUT2D eigenvalue weighted by Gasteiger charge is 1.89. The summed E-state index contributed by atoms with van der Waals surface area (Å²) in [6.07, 6.45) is 11.1. The van der Waals surface area contributed by atoms with E-state index in [1.807, 2.05) is 6.42 Å². The van der Waals surface area contributed by atoms with Gasteiger partial charge in [0.1, 0.15) is 0 Å². The van der Waals surface area contributed by atoms with Crippen LogP contribution in [0.4, 0.5) is 0 Å². The monoisotopic (exact) mass is 168 g/mol. The summed E-state index contributed by atoms with van der Waals surface area (Å²) in [5.74, 6) is 0. The predicted molar refractivity (Wildman–Crippen MR) is 50.7 cm³/mol. The number of nitrogens with zero attached hydrogens (tertiary/aromatic N) is 1. The lowest BCUT2D eigenvalue weighted by atomic mass is 10.1. The lowest BCUT2D eigenvalue weighted by Crippen LogP contribution is -1.83. The van der Waals surface area contributed by atoms with Crippen LogP contribution in [0.2, 0.25) is 0 Å². The molecule has 0 aliphatic heterocycles. The van der Waals surface area contributed by atoms with Crippen LogP contribution in [-0.2, 0) is 4.79 Å². The van der Waals surface area contributed by atoms with Crippen LogP contribution in [-0.4, -0.2) is 12.6 Å². The van der Waals surface area contributed by atoms with Gasteiger partial charge in [0.25, 0.3) is 0 Å². The Morgan fingerprint density at radius 2 is 2.00 bits per heavy atom. The number of aliphatic imine (C=N–C) groups is 1. The molecule has 2 heteroatoms. The molecule has 2 nitrogen and oxygen atoms in total. The minimum atomic E-state index is 0.539. The maximum atomic E-state index is 9.67. The van der Waals surface area contributed by atoms with E-state index >= 15 is 0 Å². The van der Waals surface area contributed by atoms with Gasteiger partial charge in [-0.05, 0) is 12.8 Å². The Kier molecular flexibility index (Phi) is 9.84. The Morgan fingerprint density at radius 1 is 1.25 bits per heavy atom. The summed E-state index contributed by atoms with van der Waals surface area (Å²) in [5, 5.41) is 0. The Hall–Kier alpha value is -0.620. The average Bonchev–Trinajstić information content (AvgIpc) is 2.10. The molecule has 1 radical (unpaired) electrons. The van der Waals surface area contributed by atoms with Gasteiger partial charge < -0.3 is 0 Å². The van der Waals surface area contributed by atoms with E-state index in [2.05, 4.69) is 11.9 Å². The van der Waals surface area contributed by atoms with E-state index in [-0.39, 0.29) is 0 Å². The largest absolute Gasteiger partial charge is 0.234 e. The Morgan fingerprint density at radius 3 is 2.67 bits per heavy atom. The van der Waals surface area contributed by atoms with Crippen LogP contribution in [0, 0.1) is 6.42 Å². The highest BCUT2D eigenvalue weighted by atomic mass is 16.1. The first-order valence-electron chi connectivity index (χ1n) is 4.77. The third kappa shape index (κ3) is 9.38. The second-order valence-corrected chi connectivity index (χ2v) is 2.92. The van der Waals surface area contributed by atoms with Crippen molar-refractivity contribution in [1.82, 2.24) is 0 Å². The first-order chi connectivity index (χ1) is 5.91. The molecule has 0 heterocycles. The summed E-state index contributed by atoms with van der Waals surface area (Å²) in [5.41, 5.74) is 0. The third-order valence-corrected chi connectivity index (χ3v) is 1.80. The molecule has 12 heavy (non-hydrogen) atoms. The number of hydrogen-bond donors (Lipinski definition) is 0. The molecular formula is C10H18NO. The van der Waals surface area contributed by atoms with Gasteiger partial charge in [-0.1, -0.05) is 39.0 Å². The molecule has 0 spiro atoms. The highest BCUT2D eigenvalue weighted by molar-refractivity contribution is 5.32. The molecule has 0 unspecified atom stereocenters. The van der Waals surface area contributed by atoms with Gasteiger partial charge in [-0.3, -0.25) is 0 Å². The molecule has 0 aromatic heterocycles. The number of isocyanates is 1. The van der Waals surface area contributed by atoms with Gasteiger partial charge in [-0.2, -0.15) is 0 Å². The molecule has 0 amide bonds. The first-order valence-corrected chi connectivity index (χ1v) is 4.77. The zero-order chi connectivity index (χ0) is 9.07. The van der Waals surface area contributed by atoms with Crippen molar-refractivity contribution in [1.29, 1.82) is 0 Å². The SMILES string of the molecule is CCCCCCC[CH]CN=C=O. The predicted octanol–water partition coefficient (Wildman–Crippen LogP) is 2.89. The van der Waals surface area contributed by atoms with Crippen molar-refractivity contribution < 1.29 is 4.79 Å². The van der Waals surface area contributed by atoms with Crippen molar-refractivity contribution in [2.75, 3.05) is 6.54 Å². The molecule has 0 saturated carbocycles. The Labute approximate surface area is 75.1 Å². The van der Waals surface area contributed by atoms with Crippen molar-refractivity contribution in [3.05, 3.63) is 6.42 Å². The topological polar surface area (TPSA) is 29.4 Å². The summed E-state index contributed by atoms with van der Waals surface area (Å²) in [7, 11) is 0. The van der Waals surface area contributed by atoms with Crippen molar-refractivity contribution in [2.45, 2.75) is 45.4 Å². The molecule has 0 saturated heterocycles. The van der Waals surface area contributed by atoms with Gasteiger partial charge in [-0.15, -0.1) is 0 Å². The Bertz CT molecular complexity index is 128. The first kappa shape index (κ1) is 11.4. The van der Waals surface area contributed by atoms with Gasteiger partial charge >= 0.3 is 0 Å². The minimum absolute atomic E-state index is 0.539. The van der Waals surface area contributed by atoms with Crippen LogP contribution in [0.5, 0.6) is 0 Å². The molecule has 0 aromatic rings. The van der Waals surface area contributed by atoms with Crippen molar-refractivity contribution in [3.8, 4) is 0 Å². The summed E-state index contributed by atoms with van der Waals surface area (Å²) in [4.78, 5) is 13.1. The van der Waals surface area contributed by atoms with Crippen LogP contribution in [0.3, 0.4) is 0 Å². The number of unbranched alkanes of at least 4 members (excludes halogenated alkanes) is 6. The maximum Gasteiger partial charge on any atom is 0.234 e. The molecular weight excluding hydrogens is 150 g/mol. The van der Waals surface area contributed by atoms with Crippen molar-refractivity contribution >= 4 is 6.08 Å². The highest BCUT2D eigenvalue weighted by Crippen LogP contribution is 2.05. The lowest BCUT2D eigenvalue weighted by molar-refractivity contribution is 0.563. The van der Waals surface area contributed by atoms with Crippen LogP contribution >= 0.6 is 0 Å². The molecule has 0 aromatic carbocycles. The second kappa shape index (κ2) is 10.4. The van der Waals surface area contributed by atoms with E-state index < -0.39 is 0 Å². The molecule has 0 atom stereocenters. The fraction of sp³-hybridized carbons (Fsp3) is 0.800. The van der Waals surface area contributed by atoms with Crippen LogP contribution in [0.15, 0.2) is 4.99 Å². The minimum Gasteiger partial charge on any atom is -0.211 e.